The van der Waals surface area contributed by atoms with Crippen molar-refractivity contribution in [3.05, 3.63) is 0 Å². The summed E-state index contributed by atoms with van der Waals surface area (Å²) in [5.74, 6) is 0. The SMILES string of the molecule is CC(C=O)N1CC1. The largest absolute Gasteiger partial charge is 0.302 e. The molecule has 1 rings (SSSR count). The van der Waals surface area contributed by atoms with Gasteiger partial charge in [-0.15, -0.1) is 0 Å². The quantitative estimate of drug-likeness (QED) is 0.355. The molecule has 0 radical (unpaired) electrons. The number of hydrogen-bond acceptors (Lipinski definition) is 2. The van der Waals surface area contributed by atoms with Crippen LogP contribution in [-0.2, 0) is 4.79 Å². The van der Waals surface area contributed by atoms with Crippen molar-refractivity contribution in [3.63, 3.8) is 0 Å². The van der Waals surface area contributed by atoms with Gasteiger partial charge in [0.2, 0.25) is 0 Å². The van der Waals surface area contributed by atoms with E-state index < -0.39 is 0 Å². The van der Waals surface area contributed by atoms with E-state index >= 15 is 0 Å². The van der Waals surface area contributed by atoms with Gasteiger partial charge in [0, 0.05) is 13.1 Å². The van der Waals surface area contributed by atoms with Gasteiger partial charge in [0.25, 0.3) is 0 Å². The molecule has 0 bridgehead atoms. The molecule has 0 aromatic rings. The maximum absolute atomic E-state index is 9.94. The van der Waals surface area contributed by atoms with Gasteiger partial charge in [-0.25, -0.2) is 0 Å². The molecular weight excluding hydrogens is 90.1 g/mol. The van der Waals surface area contributed by atoms with Gasteiger partial charge in [0.05, 0.1) is 6.04 Å². The Hall–Kier alpha value is -0.370. The molecule has 2 nitrogen and oxygen atoms in total. The fraction of sp³-hybridized carbons (Fsp3) is 0.800. The number of nitrogens with zero attached hydrogens (tertiary/aromatic N) is 1. The molecule has 0 aromatic heterocycles. The number of hydrogen-bond donors (Lipinski definition) is 0. The molecule has 0 spiro atoms. The zero-order valence-electron chi connectivity index (χ0n) is 4.42. The lowest BCUT2D eigenvalue weighted by atomic mass is 10.4. The van der Waals surface area contributed by atoms with E-state index in [9.17, 15) is 4.79 Å². The van der Waals surface area contributed by atoms with Crippen molar-refractivity contribution in [2.75, 3.05) is 13.1 Å². The van der Waals surface area contributed by atoms with Crippen LogP contribution >= 0.6 is 0 Å². The lowest BCUT2D eigenvalue weighted by molar-refractivity contribution is -0.110. The van der Waals surface area contributed by atoms with E-state index in [2.05, 4.69) is 4.90 Å². The maximum Gasteiger partial charge on any atom is 0.136 e. The van der Waals surface area contributed by atoms with Crippen molar-refractivity contribution in [1.29, 1.82) is 0 Å². The number of carbonyl (C=O) groups is 1. The van der Waals surface area contributed by atoms with Gasteiger partial charge in [-0.05, 0) is 6.92 Å². The van der Waals surface area contributed by atoms with E-state index in [1.54, 1.807) is 0 Å². The Morgan fingerprint density at radius 1 is 1.71 bits per heavy atom. The molecule has 0 amide bonds. The summed E-state index contributed by atoms with van der Waals surface area (Å²) in [6.45, 7) is 4.14. The van der Waals surface area contributed by atoms with Gasteiger partial charge in [-0.2, -0.15) is 0 Å². The molecule has 7 heavy (non-hydrogen) atoms. The molecule has 2 heteroatoms. The molecule has 0 aliphatic carbocycles. The van der Waals surface area contributed by atoms with Crippen LogP contribution in [0.2, 0.25) is 0 Å². The van der Waals surface area contributed by atoms with Crippen LogP contribution in [0.15, 0.2) is 0 Å². The average molecular weight is 99.1 g/mol. The monoisotopic (exact) mass is 99.1 g/mol. The summed E-state index contributed by atoms with van der Waals surface area (Å²) in [5.41, 5.74) is 0. The summed E-state index contributed by atoms with van der Waals surface area (Å²) >= 11 is 0. The third-order valence-electron chi connectivity index (χ3n) is 1.25. The Labute approximate surface area is 43.1 Å². The Kier molecular flexibility index (Phi) is 1.11. The number of rotatable bonds is 2. The molecule has 0 aromatic carbocycles. The molecule has 1 saturated heterocycles. The Morgan fingerprint density at radius 3 is 2.43 bits per heavy atom. The minimum atomic E-state index is 0.167. The Balaban J connectivity index is 2.22. The normalized spacial score (nSPS) is 24.1. The minimum Gasteiger partial charge on any atom is -0.302 e. The predicted octanol–water partition coefficient (Wildman–Crippen LogP) is -0.111. The topological polar surface area (TPSA) is 20.1 Å². The van der Waals surface area contributed by atoms with E-state index in [1.807, 2.05) is 6.92 Å². The van der Waals surface area contributed by atoms with E-state index in [-0.39, 0.29) is 6.04 Å². The molecule has 0 saturated carbocycles. The van der Waals surface area contributed by atoms with Gasteiger partial charge in [0.15, 0.2) is 0 Å². The van der Waals surface area contributed by atoms with Crippen molar-refractivity contribution in [1.82, 2.24) is 4.90 Å². The third kappa shape index (κ3) is 0.996. The second-order valence-electron chi connectivity index (χ2n) is 1.91. The molecule has 1 unspecified atom stereocenters. The second kappa shape index (κ2) is 1.62. The predicted molar refractivity (Wildman–Crippen MR) is 27.1 cm³/mol. The van der Waals surface area contributed by atoms with Gasteiger partial charge in [-0.1, -0.05) is 0 Å². The Morgan fingerprint density at radius 2 is 2.29 bits per heavy atom. The highest BCUT2D eigenvalue weighted by molar-refractivity contribution is 5.57. The van der Waals surface area contributed by atoms with Crippen molar-refractivity contribution in [3.8, 4) is 0 Å². The highest BCUT2D eigenvalue weighted by Gasteiger charge is 2.22. The second-order valence-corrected chi connectivity index (χ2v) is 1.91. The molecule has 1 fully saturated rings. The smallest absolute Gasteiger partial charge is 0.136 e. The molecular formula is C5H9NO. The zero-order chi connectivity index (χ0) is 5.28. The van der Waals surface area contributed by atoms with Crippen molar-refractivity contribution in [2.45, 2.75) is 13.0 Å². The average Bonchev–Trinajstić information content (AvgIpc) is 2.44. The lowest BCUT2D eigenvalue weighted by Crippen LogP contribution is -2.14. The van der Waals surface area contributed by atoms with Crippen molar-refractivity contribution >= 4 is 6.29 Å². The summed E-state index contributed by atoms with van der Waals surface area (Å²) in [5, 5.41) is 0. The van der Waals surface area contributed by atoms with Crippen LogP contribution in [0.1, 0.15) is 6.92 Å². The van der Waals surface area contributed by atoms with E-state index in [4.69, 9.17) is 0 Å². The molecule has 0 N–H and O–H groups in total. The fourth-order valence-corrected chi connectivity index (χ4v) is 0.551. The fourth-order valence-electron chi connectivity index (χ4n) is 0.551. The first-order valence-corrected chi connectivity index (χ1v) is 2.54. The van der Waals surface area contributed by atoms with E-state index in [0.29, 0.717) is 0 Å². The summed E-state index contributed by atoms with van der Waals surface area (Å²) in [7, 11) is 0. The minimum absolute atomic E-state index is 0.167. The molecule has 1 aliphatic heterocycles. The third-order valence-corrected chi connectivity index (χ3v) is 1.25. The van der Waals surface area contributed by atoms with Crippen LogP contribution < -0.4 is 0 Å². The lowest BCUT2D eigenvalue weighted by Gasteiger charge is -1.98. The van der Waals surface area contributed by atoms with Crippen LogP contribution in [-0.4, -0.2) is 30.3 Å². The Bertz CT molecular complexity index is 78.1. The number of carbonyl (C=O) groups excluding carboxylic acids is 1. The summed E-state index contributed by atoms with van der Waals surface area (Å²) in [6.07, 6.45) is 0.979. The highest BCUT2D eigenvalue weighted by Crippen LogP contribution is 2.06. The van der Waals surface area contributed by atoms with Crippen LogP contribution in [0.4, 0.5) is 0 Å². The van der Waals surface area contributed by atoms with Gasteiger partial charge in [-0.3, -0.25) is 4.90 Å². The summed E-state index contributed by atoms with van der Waals surface area (Å²) < 4.78 is 0. The maximum atomic E-state index is 9.94. The first kappa shape index (κ1) is 4.78. The van der Waals surface area contributed by atoms with Gasteiger partial charge < -0.3 is 4.79 Å². The first-order valence-electron chi connectivity index (χ1n) is 2.54. The van der Waals surface area contributed by atoms with E-state index in [0.717, 1.165) is 19.4 Å². The standard InChI is InChI=1S/C5H9NO/c1-5(4-7)6-2-3-6/h4-5H,2-3H2,1H3. The summed E-state index contributed by atoms with van der Waals surface area (Å²) in [4.78, 5) is 12.0. The molecule has 40 valence electrons. The molecule has 1 atom stereocenters. The first-order chi connectivity index (χ1) is 3.34. The van der Waals surface area contributed by atoms with Crippen molar-refractivity contribution < 1.29 is 4.79 Å². The van der Waals surface area contributed by atoms with E-state index in [1.165, 1.54) is 0 Å². The highest BCUT2D eigenvalue weighted by atomic mass is 16.1. The van der Waals surface area contributed by atoms with Gasteiger partial charge in [0.1, 0.15) is 6.29 Å². The van der Waals surface area contributed by atoms with Crippen LogP contribution in [0.5, 0.6) is 0 Å². The van der Waals surface area contributed by atoms with Gasteiger partial charge >= 0.3 is 0 Å². The zero-order valence-corrected chi connectivity index (χ0v) is 4.42. The summed E-state index contributed by atoms with van der Waals surface area (Å²) in [6, 6.07) is 0.167. The molecule has 1 aliphatic rings. The number of aldehydes is 1. The molecule has 1 heterocycles. The van der Waals surface area contributed by atoms with Crippen LogP contribution in [0, 0.1) is 0 Å². The van der Waals surface area contributed by atoms with Crippen LogP contribution in [0.3, 0.4) is 0 Å². The van der Waals surface area contributed by atoms with Crippen LogP contribution in [0.25, 0.3) is 0 Å². The van der Waals surface area contributed by atoms with Crippen molar-refractivity contribution in [2.24, 2.45) is 0 Å².